The zero-order valence-corrected chi connectivity index (χ0v) is 15.5. The summed E-state index contributed by atoms with van der Waals surface area (Å²) in [4.78, 5) is 11.8. The fraction of sp³-hybridized carbons (Fsp3) is 0.222. The van der Waals surface area contributed by atoms with Gasteiger partial charge in [0.25, 0.3) is 0 Å². The molecule has 0 bridgehead atoms. The quantitative estimate of drug-likeness (QED) is 0.749. The van der Waals surface area contributed by atoms with Crippen LogP contribution in [-0.4, -0.2) is 28.0 Å². The minimum Gasteiger partial charge on any atom is -0.494 e. The van der Waals surface area contributed by atoms with Crippen molar-refractivity contribution in [2.24, 2.45) is 0 Å². The van der Waals surface area contributed by atoms with Gasteiger partial charge in [0.15, 0.2) is 11.6 Å². The van der Waals surface area contributed by atoms with E-state index in [1.807, 2.05) is 0 Å². The zero-order valence-electron chi connectivity index (χ0n) is 14.7. The maximum absolute atomic E-state index is 13.8. The van der Waals surface area contributed by atoms with Crippen LogP contribution >= 0.6 is 0 Å². The van der Waals surface area contributed by atoms with Crippen LogP contribution in [0, 0.1) is 17.1 Å². The monoisotopic (exact) mass is 391 g/mol. The summed E-state index contributed by atoms with van der Waals surface area (Å²) in [6.07, 6.45) is 0. The number of nitriles is 1. The van der Waals surface area contributed by atoms with Gasteiger partial charge in [-0.15, -0.1) is 0 Å². The molecule has 0 unspecified atom stereocenters. The second-order valence-corrected chi connectivity index (χ2v) is 7.35. The molecule has 0 aliphatic heterocycles. The van der Waals surface area contributed by atoms with Crippen molar-refractivity contribution in [3.63, 3.8) is 0 Å². The first-order valence-electron chi connectivity index (χ1n) is 7.90. The molecule has 142 valence electrons. The second-order valence-electron chi connectivity index (χ2n) is 5.62. The number of carbonyl (C=O) groups excluding carboxylic acids is 1. The van der Waals surface area contributed by atoms with E-state index in [2.05, 4.69) is 10.0 Å². The molecule has 9 heteroatoms. The minimum absolute atomic E-state index is 0.0208. The largest absolute Gasteiger partial charge is 0.494 e. The molecule has 7 nitrogen and oxygen atoms in total. The number of methoxy groups -OCH3 is 1. The Bertz CT molecular complexity index is 986. The highest BCUT2D eigenvalue weighted by atomic mass is 32.2. The van der Waals surface area contributed by atoms with Gasteiger partial charge in [0.2, 0.25) is 15.9 Å². The maximum atomic E-state index is 13.8. The van der Waals surface area contributed by atoms with Crippen molar-refractivity contribution in [2.45, 2.75) is 17.9 Å². The van der Waals surface area contributed by atoms with Crippen LogP contribution in [0.2, 0.25) is 0 Å². The van der Waals surface area contributed by atoms with Crippen molar-refractivity contribution in [1.82, 2.24) is 10.0 Å². The van der Waals surface area contributed by atoms with Crippen LogP contribution in [0.25, 0.3) is 0 Å². The first-order valence-corrected chi connectivity index (χ1v) is 9.38. The number of ether oxygens (including phenoxy) is 1. The molecule has 0 radical (unpaired) electrons. The molecule has 27 heavy (non-hydrogen) atoms. The summed E-state index contributed by atoms with van der Waals surface area (Å²) in [5.41, 5.74) is 0.479. The Kier molecular flexibility index (Phi) is 6.50. The van der Waals surface area contributed by atoms with Gasteiger partial charge >= 0.3 is 0 Å². The number of amides is 1. The topological polar surface area (TPSA) is 108 Å². The van der Waals surface area contributed by atoms with E-state index in [9.17, 15) is 17.6 Å². The summed E-state index contributed by atoms with van der Waals surface area (Å²) in [7, 11) is -2.68. The molecule has 0 aromatic heterocycles. The van der Waals surface area contributed by atoms with E-state index in [4.69, 9.17) is 10.00 Å². The third kappa shape index (κ3) is 5.03. The normalized spacial score (nSPS) is 12.1. The van der Waals surface area contributed by atoms with Crippen LogP contribution in [0.1, 0.15) is 24.1 Å². The predicted octanol–water partition coefficient (Wildman–Crippen LogP) is 1.86. The molecule has 1 atom stereocenters. The number of rotatable bonds is 7. The van der Waals surface area contributed by atoms with Crippen LogP contribution in [0.4, 0.5) is 4.39 Å². The molecule has 0 fully saturated rings. The van der Waals surface area contributed by atoms with E-state index in [1.54, 1.807) is 25.1 Å². The summed E-state index contributed by atoms with van der Waals surface area (Å²) >= 11 is 0. The van der Waals surface area contributed by atoms with Crippen molar-refractivity contribution in [3.8, 4) is 11.8 Å². The van der Waals surface area contributed by atoms with Gasteiger partial charge in [0.1, 0.15) is 6.07 Å². The second kappa shape index (κ2) is 8.62. The van der Waals surface area contributed by atoms with Crippen LogP contribution in [0.15, 0.2) is 47.4 Å². The summed E-state index contributed by atoms with van der Waals surface area (Å²) < 4.78 is 45.3. The predicted molar refractivity (Wildman–Crippen MR) is 95.9 cm³/mol. The Morgan fingerprint density at radius 1 is 1.30 bits per heavy atom. The van der Waals surface area contributed by atoms with Gasteiger partial charge in [-0.1, -0.05) is 18.2 Å². The van der Waals surface area contributed by atoms with Crippen LogP contribution in [0.5, 0.6) is 5.75 Å². The number of benzene rings is 2. The first kappa shape index (κ1) is 20.4. The standard InChI is InChI=1S/C18H18FN3O4S/c1-12(13-7-8-16(26-2)15(19)9-13)22-18(23)11-21-27(24,25)17-6-4-3-5-14(17)10-20/h3-9,12,21H,11H2,1-2H3,(H,22,23)/t12-/m1/s1. The average molecular weight is 391 g/mol. The molecule has 1 amide bonds. The van der Waals surface area contributed by atoms with Crippen molar-refractivity contribution in [3.05, 3.63) is 59.4 Å². The lowest BCUT2D eigenvalue weighted by molar-refractivity contribution is -0.120. The number of nitrogens with one attached hydrogen (secondary N) is 2. The Hall–Kier alpha value is -2.96. The van der Waals surface area contributed by atoms with E-state index in [-0.39, 0.29) is 16.2 Å². The number of hydrogen-bond acceptors (Lipinski definition) is 5. The molecule has 0 aliphatic rings. The highest BCUT2D eigenvalue weighted by molar-refractivity contribution is 7.89. The van der Waals surface area contributed by atoms with Crippen LogP contribution < -0.4 is 14.8 Å². The van der Waals surface area contributed by atoms with Crippen LogP contribution in [0.3, 0.4) is 0 Å². The highest BCUT2D eigenvalue weighted by Crippen LogP contribution is 2.21. The van der Waals surface area contributed by atoms with E-state index in [1.165, 1.54) is 37.4 Å². The molecule has 0 saturated heterocycles. The summed E-state index contributed by atoms with van der Waals surface area (Å²) in [5, 5.41) is 11.6. The summed E-state index contributed by atoms with van der Waals surface area (Å²) in [6.45, 7) is 1.11. The van der Waals surface area contributed by atoms with Gasteiger partial charge in [-0.3, -0.25) is 4.79 Å². The molecule has 2 N–H and O–H groups in total. The fourth-order valence-corrected chi connectivity index (χ4v) is 3.50. The zero-order chi connectivity index (χ0) is 20.0. The van der Waals surface area contributed by atoms with E-state index in [0.29, 0.717) is 5.56 Å². The molecule has 0 heterocycles. The lowest BCUT2D eigenvalue weighted by atomic mass is 10.1. The SMILES string of the molecule is COc1ccc([C@@H](C)NC(=O)CNS(=O)(=O)c2ccccc2C#N)cc1F. The number of carbonyl (C=O) groups is 1. The molecular weight excluding hydrogens is 373 g/mol. The maximum Gasteiger partial charge on any atom is 0.242 e. The Morgan fingerprint density at radius 3 is 2.63 bits per heavy atom. The van der Waals surface area contributed by atoms with Crippen LogP contribution in [-0.2, 0) is 14.8 Å². The Balaban J connectivity index is 2.01. The van der Waals surface area contributed by atoms with Crippen molar-refractivity contribution in [2.75, 3.05) is 13.7 Å². The van der Waals surface area contributed by atoms with Crippen molar-refractivity contribution < 1.29 is 22.3 Å². The van der Waals surface area contributed by atoms with E-state index >= 15 is 0 Å². The molecular formula is C18H18FN3O4S. The number of sulfonamides is 1. The molecule has 2 aromatic carbocycles. The van der Waals surface area contributed by atoms with Gasteiger partial charge in [-0.2, -0.15) is 5.26 Å². The van der Waals surface area contributed by atoms with Gasteiger partial charge in [0.05, 0.1) is 30.2 Å². The molecule has 0 saturated carbocycles. The summed E-state index contributed by atoms with van der Waals surface area (Å²) in [5.74, 6) is -1.08. The van der Waals surface area contributed by atoms with Crippen molar-refractivity contribution in [1.29, 1.82) is 5.26 Å². The molecule has 0 spiro atoms. The van der Waals surface area contributed by atoms with Gasteiger partial charge in [0, 0.05) is 0 Å². The number of hydrogen-bond donors (Lipinski definition) is 2. The highest BCUT2D eigenvalue weighted by Gasteiger charge is 2.20. The Morgan fingerprint density at radius 2 is 2.00 bits per heavy atom. The van der Waals surface area contributed by atoms with Gasteiger partial charge in [-0.25, -0.2) is 17.5 Å². The Labute approximate surface area is 156 Å². The smallest absolute Gasteiger partial charge is 0.242 e. The first-order chi connectivity index (χ1) is 12.8. The third-order valence-electron chi connectivity index (χ3n) is 3.77. The van der Waals surface area contributed by atoms with E-state index in [0.717, 1.165) is 0 Å². The molecule has 0 aliphatic carbocycles. The number of halogens is 1. The number of nitrogens with zero attached hydrogens (tertiary/aromatic N) is 1. The fourth-order valence-electron chi connectivity index (χ4n) is 2.36. The average Bonchev–Trinajstić information content (AvgIpc) is 2.66. The van der Waals surface area contributed by atoms with E-state index < -0.39 is 34.3 Å². The van der Waals surface area contributed by atoms with Gasteiger partial charge in [-0.05, 0) is 36.8 Å². The molecule has 2 rings (SSSR count). The minimum atomic E-state index is -4.02. The lowest BCUT2D eigenvalue weighted by Crippen LogP contribution is -2.38. The summed E-state index contributed by atoms with van der Waals surface area (Å²) in [6, 6.07) is 11.2. The van der Waals surface area contributed by atoms with Crippen molar-refractivity contribution >= 4 is 15.9 Å². The lowest BCUT2D eigenvalue weighted by Gasteiger charge is -2.16. The van der Waals surface area contributed by atoms with Gasteiger partial charge < -0.3 is 10.1 Å². The third-order valence-corrected chi connectivity index (χ3v) is 5.23. The molecule has 2 aromatic rings.